The van der Waals surface area contributed by atoms with Gasteiger partial charge in [-0.25, -0.2) is 9.48 Å². The van der Waals surface area contributed by atoms with E-state index in [0.29, 0.717) is 16.3 Å². The van der Waals surface area contributed by atoms with Crippen LogP contribution >= 0.6 is 0 Å². The lowest BCUT2D eigenvalue weighted by Gasteiger charge is -2.09. The van der Waals surface area contributed by atoms with E-state index in [1.165, 1.54) is 25.2 Å². The summed E-state index contributed by atoms with van der Waals surface area (Å²) < 4.78 is 6.02. The third-order valence-corrected chi connectivity index (χ3v) is 4.17. The normalized spacial score (nSPS) is 10.6. The number of fused-ring (bicyclic) bond motifs is 1. The molecule has 1 N–H and O–H groups in total. The fourth-order valence-electron chi connectivity index (χ4n) is 2.73. The van der Waals surface area contributed by atoms with Gasteiger partial charge < -0.3 is 10.1 Å². The predicted molar refractivity (Wildman–Crippen MR) is 104 cm³/mol. The van der Waals surface area contributed by atoms with Crippen molar-refractivity contribution in [2.45, 2.75) is 6.92 Å². The molecule has 0 saturated carbocycles. The molecule has 1 amide bonds. The number of nitro benzene ring substituents is 1. The van der Waals surface area contributed by atoms with Gasteiger partial charge in [0, 0.05) is 29.8 Å². The summed E-state index contributed by atoms with van der Waals surface area (Å²) in [5.74, 6) is -1.55. The SMILES string of the molecule is Cc1ccc(NC(=O)COC(=O)c2nn(C)c(=O)c3ccccc23)cc1[N+](=O)[O-]. The van der Waals surface area contributed by atoms with Crippen LogP contribution in [-0.4, -0.2) is 33.2 Å². The van der Waals surface area contributed by atoms with Crippen LogP contribution in [0, 0.1) is 17.0 Å². The zero-order valence-corrected chi connectivity index (χ0v) is 15.5. The second-order valence-electron chi connectivity index (χ2n) is 6.21. The molecule has 3 rings (SSSR count). The molecule has 0 radical (unpaired) electrons. The molecule has 0 unspecified atom stereocenters. The van der Waals surface area contributed by atoms with Crippen molar-refractivity contribution < 1.29 is 19.2 Å². The highest BCUT2D eigenvalue weighted by atomic mass is 16.6. The number of benzene rings is 2. The summed E-state index contributed by atoms with van der Waals surface area (Å²) in [6.07, 6.45) is 0. The van der Waals surface area contributed by atoms with Crippen LogP contribution in [0.25, 0.3) is 10.8 Å². The van der Waals surface area contributed by atoms with Gasteiger partial charge in [-0.2, -0.15) is 5.10 Å². The first kappa shape index (κ1) is 19.7. The number of nitrogens with zero attached hydrogens (tertiary/aromatic N) is 3. The number of rotatable bonds is 5. The maximum absolute atomic E-state index is 12.4. The third kappa shape index (κ3) is 4.10. The van der Waals surface area contributed by atoms with Crippen molar-refractivity contribution in [3.05, 3.63) is 74.2 Å². The lowest BCUT2D eigenvalue weighted by molar-refractivity contribution is -0.385. The van der Waals surface area contributed by atoms with Gasteiger partial charge in [-0.1, -0.05) is 24.3 Å². The number of nitro groups is 1. The maximum atomic E-state index is 12.4. The number of aryl methyl sites for hydroxylation is 2. The highest BCUT2D eigenvalue weighted by Crippen LogP contribution is 2.22. The van der Waals surface area contributed by atoms with Crippen LogP contribution in [0.5, 0.6) is 0 Å². The van der Waals surface area contributed by atoms with Gasteiger partial charge in [-0.15, -0.1) is 0 Å². The van der Waals surface area contributed by atoms with Gasteiger partial charge in [0.25, 0.3) is 17.2 Å². The Morgan fingerprint density at radius 1 is 1.21 bits per heavy atom. The first-order valence-electron chi connectivity index (χ1n) is 8.46. The summed E-state index contributed by atoms with van der Waals surface area (Å²) >= 11 is 0. The highest BCUT2D eigenvalue weighted by molar-refractivity contribution is 6.03. The van der Waals surface area contributed by atoms with E-state index in [9.17, 15) is 24.5 Å². The smallest absolute Gasteiger partial charge is 0.359 e. The standard InChI is InChI=1S/C19H16N4O6/c1-11-7-8-12(9-15(11)23(27)28)20-16(24)10-29-19(26)17-13-5-3-4-6-14(13)18(25)22(2)21-17/h3-9H,10H2,1-2H3,(H,20,24). The first-order chi connectivity index (χ1) is 13.8. The molecule has 29 heavy (non-hydrogen) atoms. The fraction of sp³-hybridized carbons (Fsp3) is 0.158. The van der Waals surface area contributed by atoms with Gasteiger partial charge >= 0.3 is 5.97 Å². The number of amides is 1. The van der Waals surface area contributed by atoms with Crippen LogP contribution in [0.3, 0.4) is 0 Å². The zero-order valence-electron chi connectivity index (χ0n) is 15.5. The minimum Gasteiger partial charge on any atom is -0.451 e. The van der Waals surface area contributed by atoms with Crippen molar-refractivity contribution in [3.63, 3.8) is 0 Å². The summed E-state index contributed by atoms with van der Waals surface area (Å²) in [6.45, 7) is 0.954. The number of hydrogen-bond donors (Lipinski definition) is 1. The zero-order chi connectivity index (χ0) is 21.1. The van der Waals surface area contributed by atoms with Crippen molar-refractivity contribution in [3.8, 4) is 0 Å². The number of hydrogen-bond acceptors (Lipinski definition) is 7. The fourth-order valence-corrected chi connectivity index (χ4v) is 2.73. The van der Waals surface area contributed by atoms with E-state index in [2.05, 4.69) is 10.4 Å². The Morgan fingerprint density at radius 2 is 1.90 bits per heavy atom. The van der Waals surface area contributed by atoms with Crippen LogP contribution in [0.1, 0.15) is 16.1 Å². The monoisotopic (exact) mass is 396 g/mol. The van der Waals surface area contributed by atoms with Gasteiger partial charge in [0.15, 0.2) is 12.3 Å². The van der Waals surface area contributed by atoms with E-state index < -0.39 is 23.4 Å². The van der Waals surface area contributed by atoms with Gasteiger partial charge in [0.05, 0.1) is 10.3 Å². The maximum Gasteiger partial charge on any atom is 0.359 e. The Kier molecular flexibility index (Phi) is 5.35. The molecule has 1 heterocycles. The van der Waals surface area contributed by atoms with Gasteiger partial charge in [-0.3, -0.25) is 19.7 Å². The summed E-state index contributed by atoms with van der Waals surface area (Å²) in [4.78, 5) is 47.0. The Morgan fingerprint density at radius 3 is 2.59 bits per heavy atom. The quantitative estimate of drug-likeness (QED) is 0.396. The Balaban J connectivity index is 1.73. The van der Waals surface area contributed by atoms with Gasteiger partial charge in [-0.05, 0) is 19.1 Å². The van der Waals surface area contributed by atoms with E-state index >= 15 is 0 Å². The van der Waals surface area contributed by atoms with Gasteiger partial charge in [0.1, 0.15) is 0 Å². The first-order valence-corrected chi connectivity index (χ1v) is 8.46. The topological polar surface area (TPSA) is 133 Å². The molecule has 0 bridgehead atoms. The minimum atomic E-state index is -0.873. The molecule has 0 saturated heterocycles. The largest absolute Gasteiger partial charge is 0.451 e. The van der Waals surface area contributed by atoms with Crippen molar-refractivity contribution in [2.24, 2.45) is 7.05 Å². The Hall–Kier alpha value is -4.08. The van der Waals surface area contributed by atoms with Crippen molar-refractivity contribution in [1.29, 1.82) is 0 Å². The van der Waals surface area contributed by atoms with Crippen molar-refractivity contribution in [1.82, 2.24) is 9.78 Å². The molecular formula is C19H16N4O6. The van der Waals surface area contributed by atoms with Crippen LogP contribution in [-0.2, 0) is 16.6 Å². The highest BCUT2D eigenvalue weighted by Gasteiger charge is 2.18. The van der Waals surface area contributed by atoms with Crippen molar-refractivity contribution in [2.75, 3.05) is 11.9 Å². The number of nitrogens with one attached hydrogen (secondary N) is 1. The van der Waals surface area contributed by atoms with E-state index in [0.717, 1.165) is 4.68 Å². The van der Waals surface area contributed by atoms with E-state index in [1.807, 2.05) is 0 Å². The van der Waals surface area contributed by atoms with Crippen LogP contribution in [0.2, 0.25) is 0 Å². The molecule has 1 aromatic heterocycles. The number of esters is 1. The van der Waals surface area contributed by atoms with E-state index in [-0.39, 0.29) is 22.6 Å². The van der Waals surface area contributed by atoms with E-state index in [1.54, 1.807) is 31.2 Å². The second kappa shape index (κ2) is 7.89. The summed E-state index contributed by atoms with van der Waals surface area (Å²) in [7, 11) is 1.41. The molecule has 10 heteroatoms. The van der Waals surface area contributed by atoms with Crippen molar-refractivity contribution >= 4 is 34.0 Å². The minimum absolute atomic E-state index is 0.0959. The second-order valence-corrected chi connectivity index (χ2v) is 6.21. The number of carbonyl (C=O) groups excluding carboxylic acids is 2. The molecule has 0 aliphatic rings. The predicted octanol–water partition coefficient (Wildman–Crippen LogP) is 1.95. The average molecular weight is 396 g/mol. The van der Waals surface area contributed by atoms with Crippen LogP contribution in [0.15, 0.2) is 47.3 Å². The lowest BCUT2D eigenvalue weighted by atomic mass is 10.1. The molecule has 10 nitrogen and oxygen atoms in total. The average Bonchev–Trinajstić information content (AvgIpc) is 2.70. The Bertz CT molecular complexity index is 1200. The molecule has 0 spiro atoms. The molecule has 148 valence electrons. The van der Waals surface area contributed by atoms with Gasteiger partial charge in [0.2, 0.25) is 0 Å². The third-order valence-electron chi connectivity index (χ3n) is 4.17. The number of carbonyl (C=O) groups is 2. The van der Waals surface area contributed by atoms with E-state index in [4.69, 9.17) is 4.74 Å². The Labute approximate surface area is 163 Å². The molecule has 0 aliphatic carbocycles. The van der Waals surface area contributed by atoms with Crippen LogP contribution in [0.4, 0.5) is 11.4 Å². The number of aromatic nitrogens is 2. The molecule has 2 aromatic carbocycles. The molecule has 0 aliphatic heterocycles. The molecular weight excluding hydrogens is 380 g/mol. The summed E-state index contributed by atoms with van der Waals surface area (Å²) in [5.41, 5.74) is 0.0547. The summed E-state index contributed by atoms with van der Waals surface area (Å²) in [5, 5.41) is 18.0. The molecule has 3 aromatic rings. The number of anilines is 1. The summed E-state index contributed by atoms with van der Waals surface area (Å²) in [6, 6.07) is 10.7. The number of ether oxygens (including phenoxy) is 1. The lowest BCUT2D eigenvalue weighted by Crippen LogP contribution is -2.26. The molecule has 0 fully saturated rings. The van der Waals surface area contributed by atoms with Crippen LogP contribution < -0.4 is 10.9 Å². The molecule has 0 atom stereocenters.